The quantitative estimate of drug-likeness (QED) is 0.847. The molecular formula is C21H24N2O. The molecule has 0 atom stereocenters. The SMILES string of the molecule is Cc1ccc2c(c1)CCCN2CC(=O)N1CCc2ccccc2C1. The van der Waals surface area contributed by atoms with Crippen molar-refractivity contribution in [2.75, 3.05) is 24.5 Å². The third-order valence-electron chi connectivity index (χ3n) is 5.26. The summed E-state index contributed by atoms with van der Waals surface area (Å²) in [7, 11) is 0. The molecule has 3 heteroatoms. The molecule has 0 N–H and O–H groups in total. The zero-order chi connectivity index (χ0) is 16.5. The second kappa shape index (κ2) is 6.31. The number of hydrogen-bond donors (Lipinski definition) is 0. The summed E-state index contributed by atoms with van der Waals surface area (Å²) in [6.45, 7) is 5.20. The van der Waals surface area contributed by atoms with E-state index < -0.39 is 0 Å². The first-order valence-electron chi connectivity index (χ1n) is 8.90. The minimum Gasteiger partial charge on any atom is -0.362 e. The minimum absolute atomic E-state index is 0.248. The third-order valence-corrected chi connectivity index (χ3v) is 5.26. The van der Waals surface area contributed by atoms with Gasteiger partial charge in [0.2, 0.25) is 5.91 Å². The molecule has 2 aromatic rings. The first kappa shape index (κ1) is 15.3. The number of hydrogen-bond acceptors (Lipinski definition) is 2. The van der Waals surface area contributed by atoms with E-state index in [1.54, 1.807) is 0 Å². The van der Waals surface area contributed by atoms with Crippen molar-refractivity contribution in [3.8, 4) is 0 Å². The van der Waals surface area contributed by atoms with Crippen LogP contribution in [0.1, 0.15) is 28.7 Å². The molecule has 0 fully saturated rings. The Morgan fingerprint density at radius 3 is 2.71 bits per heavy atom. The average molecular weight is 320 g/mol. The van der Waals surface area contributed by atoms with Crippen LogP contribution in [0.4, 0.5) is 5.69 Å². The monoisotopic (exact) mass is 320 g/mol. The lowest BCUT2D eigenvalue weighted by Gasteiger charge is -2.34. The summed E-state index contributed by atoms with van der Waals surface area (Å²) in [4.78, 5) is 17.1. The number of nitrogens with zero attached hydrogens (tertiary/aromatic N) is 2. The maximum Gasteiger partial charge on any atom is 0.242 e. The zero-order valence-electron chi connectivity index (χ0n) is 14.3. The highest BCUT2D eigenvalue weighted by Crippen LogP contribution is 2.28. The second-order valence-electron chi connectivity index (χ2n) is 6.99. The van der Waals surface area contributed by atoms with Gasteiger partial charge in [-0.15, -0.1) is 0 Å². The third kappa shape index (κ3) is 2.91. The fourth-order valence-corrected chi connectivity index (χ4v) is 3.94. The average Bonchev–Trinajstić information content (AvgIpc) is 2.61. The summed E-state index contributed by atoms with van der Waals surface area (Å²) in [6.07, 6.45) is 3.23. The van der Waals surface area contributed by atoms with Crippen molar-refractivity contribution in [1.29, 1.82) is 0 Å². The smallest absolute Gasteiger partial charge is 0.242 e. The lowest BCUT2D eigenvalue weighted by atomic mass is 9.99. The van der Waals surface area contributed by atoms with Gasteiger partial charge in [0, 0.05) is 25.3 Å². The summed E-state index contributed by atoms with van der Waals surface area (Å²) >= 11 is 0. The summed E-state index contributed by atoms with van der Waals surface area (Å²) < 4.78 is 0. The van der Waals surface area contributed by atoms with Gasteiger partial charge in [0.05, 0.1) is 6.54 Å². The van der Waals surface area contributed by atoms with Gasteiger partial charge in [0.1, 0.15) is 0 Å². The maximum absolute atomic E-state index is 12.8. The van der Waals surface area contributed by atoms with Gasteiger partial charge in [-0.3, -0.25) is 4.79 Å². The van der Waals surface area contributed by atoms with Crippen LogP contribution in [0, 0.1) is 6.92 Å². The Bertz CT molecular complexity index is 768. The minimum atomic E-state index is 0.248. The van der Waals surface area contributed by atoms with Crippen molar-refractivity contribution >= 4 is 11.6 Å². The molecule has 124 valence electrons. The molecule has 0 saturated carbocycles. The number of aryl methyl sites for hydroxylation is 2. The normalized spacial score (nSPS) is 16.5. The van der Waals surface area contributed by atoms with Crippen LogP contribution < -0.4 is 4.90 Å². The first-order chi connectivity index (χ1) is 11.7. The molecule has 0 radical (unpaired) electrons. The highest BCUT2D eigenvalue weighted by Gasteiger charge is 2.24. The zero-order valence-corrected chi connectivity index (χ0v) is 14.3. The Hall–Kier alpha value is -2.29. The number of benzene rings is 2. The van der Waals surface area contributed by atoms with Crippen molar-refractivity contribution in [3.63, 3.8) is 0 Å². The Labute approximate surface area is 143 Å². The standard InChI is InChI=1S/C21H24N2O/c1-16-8-9-20-18(13-16)7-4-11-22(20)15-21(24)23-12-10-17-5-2-3-6-19(17)14-23/h2-3,5-6,8-9,13H,4,7,10-12,14-15H2,1H3. The number of anilines is 1. The van der Waals surface area contributed by atoms with Crippen molar-refractivity contribution < 1.29 is 4.79 Å². The van der Waals surface area contributed by atoms with Gasteiger partial charge in [0.15, 0.2) is 0 Å². The van der Waals surface area contributed by atoms with Crippen LogP contribution in [0.15, 0.2) is 42.5 Å². The Morgan fingerprint density at radius 2 is 1.83 bits per heavy atom. The van der Waals surface area contributed by atoms with Gasteiger partial charge in [-0.25, -0.2) is 0 Å². The van der Waals surface area contributed by atoms with Gasteiger partial charge in [-0.05, 0) is 48.9 Å². The molecule has 2 aliphatic heterocycles. The number of fused-ring (bicyclic) bond motifs is 2. The fraction of sp³-hybridized carbons (Fsp3) is 0.381. The lowest BCUT2D eigenvalue weighted by Crippen LogP contribution is -2.44. The molecule has 2 aromatic carbocycles. The van der Waals surface area contributed by atoms with Crippen LogP contribution in [-0.4, -0.2) is 30.4 Å². The topological polar surface area (TPSA) is 23.6 Å². The number of rotatable bonds is 2. The van der Waals surface area contributed by atoms with Crippen LogP contribution in [0.3, 0.4) is 0 Å². The number of carbonyl (C=O) groups excluding carboxylic acids is 1. The largest absolute Gasteiger partial charge is 0.362 e. The first-order valence-corrected chi connectivity index (χ1v) is 8.90. The van der Waals surface area contributed by atoms with E-state index in [4.69, 9.17) is 0 Å². The highest BCUT2D eigenvalue weighted by atomic mass is 16.2. The summed E-state index contributed by atoms with van der Waals surface area (Å²) in [5.74, 6) is 0.248. The van der Waals surface area contributed by atoms with Gasteiger partial charge >= 0.3 is 0 Å². The van der Waals surface area contributed by atoms with E-state index in [0.717, 1.165) is 38.9 Å². The Kier molecular flexibility index (Phi) is 4.01. The molecule has 3 nitrogen and oxygen atoms in total. The van der Waals surface area contributed by atoms with Gasteiger partial charge in [0.25, 0.3) is 0 Å². The molecule has 24 heavy (non-hydrogen) atoms. The number of carbonyl (C=O) groups is 1. The van der Waals surface area contributed by atoms with Gasteiger partial charge in [-0.1, -0.05) is 42.0 Å². The second-order valence-corrected chi connectivity index (χ2v) is 6.99. The van der Waals surface area contributed by atoms with Crippen LogP contribution in [0.2, 0.25) is 0 Å². The Balaban J connectivity index is 1.48. The van der Waals surface area contributed by atoms with E-state index in [2.05, 4.69) is 54.3 Å². The predicted octanol–water partition coefficient (Wildman–Crippen LogP) is 3.33. The highest BCUT2D eigenvalue weighted by molar-refractivity contribution is 5.82. The van der Waals surface area contributed by atoms with Gasteiger partial charge in [-0.2, -0.15) is 0 Å². The van der Waals surface area contributed by atoms with Crippen molar-refractivity contribution in [2.24, 2.45) is 0 Å². The van der Waals surface area contributed by atoms with E-state index in [1.165, 1.54) is 27.9 Å². The molecular weight excluding hydrogens is 296 g/mol. The van der Waals surface area contributed by atoms with E-state index in [0.29, 0.717) is 6.54 Å². The molecule has 0 saturated heterocycles. The molecule has 0 aliphatic carbocycles. The van der Waals surface area contributed by atoms with Crippen molar-refractivity contribution in [2.45, 2.75) is 32.7 Å². The summed E-state index contributed by atoms with van der Waals surface area (Å²) in [5.41, 5.74) is 6.62. The predicted molar refractivity (Wildman–Crippen MR) is 97.3 cm³/mol. The van der Waals surface area contributed by atoms with Crippen molar-refractivity contribution in [1.82, 2.24) is 4.90 Å². The van der Waals surface area contributed by atoms with Crippen LogP contribution in [0.25, 0.3) is 0 Å². The molecule has 2 aliphatic rings. The molecule has 0 unspecified atom stereocenters. The summed E-state index contributed by atoms with van der Waals surface area (Å²) in [5, 5.41) is 0. The van der Waals surface area contributed by atoms with E-state index >= 15 is 0 Å². The molecule has 2 heterocycles. The van der Waals surface area contributed by atoms with E-state index in [1.807, 2.05) is 4.90 Å². The van der Waals surface area contributed by atoms with E-state index in [-0.39, 0.29) is 5.91 Å². The molecule has 0 spiro atoms. The summed E-state index contributed by atoms with van der Waals surface area (Å²) in [6, 6.07) is 15.1. The fourth-order valence-electron chi connectivity index (χ4n) is 3.94. The van der Waals surface area contributed by atoms with Gasteiger partial charge < -0.3 is 9.80 Å². The van der Waals surface area contributed by atoms with E-state index in [9.17, 15) is 4.79 Å². The Morgan fingerprint density at radius 1 is 1.00 bits per heavy atom. The lowest BCUT2D eigenvalue weighted by molar-refractivity contribution is -0.130. The molecule has 0 bridgehead atoms. The van der Waals surface area contributed by atoms with Crippen molar-refractivity contribution in [3.05, 3.63) is 64.7 Å². The van der Waals surface area contributed by atoms with Crippen LogP contribution >= 0.6 is 0 Å². The van der Waals surface area contributed by atoms with Crippen LogP contribution in [-0.2, 0) is 24.2 Å². The maximum atomic E-state index is 12.8. The molecule has 1 amide bonds. The van der Waals surface area contributed by atoms with Crippen LogP contribution in [0.5, 0.6) is 0 Å². The molecule has 0 aromatic heterocycles. The number of amides is 1. The molecule has 4 rings (SSSR count).